The Bertz CT molecular complexity index is 1290. The van der Waals surface area contributed by atoms with E-state index in [1.54, 1.807) is 13.2 Å². The molecule has 3 heterocycles. The van der Waals surface area contributed by atoms with Gasteiger partial charge in [0.1, 0.15) is 0 Å². The fourth-order valence-corrected chi connectivity index (χ4v) is 6.80. The number of halogens is 1. The van der Waals surface area contributed by atoms with Crippen molar-refractivity contribution in [1.82, 2.24) is 15.2 Å². The Labute approximate surface area is 232 Å². The highest BCUT2D eigenvalue weighted by molar-refractivity contribution is 7.98. The van der Waals surface area contributed by atoms with Gasteiger partial charge in [-0.05, 0) is 71.0 Å². The molecule has 1 saturated heterocycles. The first kappa shape index (κ1) is 27.4. The number of aromatic amines is 1. The first-order valence-electron chi connectivity index (χ1n) is 13.2. The summed E-state index contributed by atoms with van der Waals surface area (Å²) in [5.74, 6) is 0.0597. The molecule has 2 aromatic rings. The minimum Gasteiger partial charge on any atom is -0.448 e. The highest BCUT2D eigenvalue weighted by atomic mass is 35.5. The van der Waals surface area contributed by atoms with E-state index in [4.69, 9.17) is 25.8 Å². The van der Waals surface area contributed by atoms with Crippen molar-refractivity contribution < 1.29 is 19.0 Å². The van der Waals surface area contributed by atoms with Gasteiger partial charge in [-0.25, -0.2) is 0 Å². The maximum atomic E-state index is 13.2. The average molecular weight is 562 g/mol. The average Bonchev–Trinajstić information content (AvgIpc) is 3.24. The van der Waals surface area contributed by atoms with Crippen LogP contribution in [0.5, 0.6) is 11.5 Å². The largest absolute Gasteiger partial charge is 0.448 e. The van der Waals surface area contributed by atoms with Crippen LogP contribution in [0, 0.1) is 19.8 Å². The molecule has 0 radical (unpaired) electrons. The van der Waals surface area contributed by atoms with Crippen LogP contribution in [0.25, 0.3) is 0 Å². The summed E-state index contributed by atoms with van der Waals surface area (Å²) in [5.41, 5.74) is 2.19. The second kappa shape index (κ2) is 10.8. The molecule has 0 spiro atoms. The summed E-state index contributed by atoms with van der Waals surface area (Å²) in [6.45, 7) is 7.77. The minimum absolute atomic E-state index is 0.110. The number of aromatic nitrogens is 1. The normalized spacial score (nSPS) is 25.3. The van der Waals surface area contributed by atoms with E-state index < -0.39 is 5.79 Å². The van der Waals surface area contributed by atoms with Gasteiger partial charge in [0.25, 0.3) is 17.3 Å². The van der Waals surface area contributed by atoms with Crippen molar-refractivity contribution in [3.63, 3.8) is 0 Å². The Morgan fingerprint density at radius 1 is 1.24 bits per heavy atom. The summed E-state index contributed by atoms with van der Waals surface area (Å²) in [5, 5.41) is 3.23. The summed E-state index contributed by atoms with van der Waals surface area (Å²) >= 11 is 8.10. The van der Waals surface area contributed by atoms with E-state index in [-0.39, 0.29) is 23.9 Å². The lowest BCUT2D eigenvalue weighted by molar-refractivity contribution is -0.131. The number of rotatable bonds is 7. The second-order valence-corrected chi connectivity index (χ2v) is 12.0. The van der Waals surface area contributed by atoms with Crippen molar-refractivity contribution in [2.45, 2.75) is 75.8 Å². The van der Waals surface area contributed by atoms with Crippen LogP contribution in [0.1, 0.15) is 59.8 Å². The van der Waals surface area contributed by atoms with Crippen molar-refractivity contribution in [3.8, 4) is 11.5 Å². The lowest BCUT2D eigenvalue weighted by atomic mass is 9.83. The smallest absolute Gasteiger partial charge is 0.254 e. The molecule has 2 N–H and O–H groups in total. The molecule has 1 aliphatic carbocycles. The zero-order valence-electron chi connectivity index (χ0n) is 22.6. The Morgan fingerprint density at radius 3 is 2.58 bits per heavy atom. The summed E-state index contributed by atoms with van der Waals surface area (Å²) in [6, 6.07) is 4.14. The molecular formula is C28H36ClN3O5S. The van der Waals surface area contributed by atoms with Gasteiger partial charge >= 0.3 is 0 Å². The number of hydrogen-bond donors (Lipinski definition) is 2. The maximum absolute atomic E-state index is 13.2. The zero-order valence-corrected chi connectivity index (χ0v) is 24.2. The molecule has 1 aromatic heterocycles. The van der Waals surface area contributed by atoms with Crippen molar-refractivity contribution in [1.29, 1.82) is 0 Å². The van der Waals surface area contributed by atoms with Gasteiger partial charge in [0, 0.05) is 59.8 Å². The van der Waals surface area contributed by atoms with Crippen LogP contribution in [0.2, 0.25) is 5.02 Å². The second-order valence-electron chi connectivity index (χ2n) is 10.7. The number of nitrogens with one attached hydrogen (secondary N) is 2. The fraction of sp³-hybridized carbons (Fsp3) is 0.571. The van der Waals surface area contributed by atoms with Gasteiger partial charge in [-0.3, -0.25) is 9.59 Å². The van der Waals surface area contributed by atoms with Gasteiger partial charge in [-0.15, -0.1) is 11.8 Å². The number of fused-ring (bicyclic) bond motifs is 1. The van der Waals surface area contributed by atoms with Crippen LogP contribution in [0.15, 0.2) is 21.8 Å². The number of piperidine rings is 1. The summed E-state index contributed by atoms with van der Waals surface area (Å²) in [6.07, 6.45) is 6.44. The van der Waals surface area contributed by atoms with Crippen molar-refractivity contribution in [3.05, 3.63) is 49.9 Å². The summed E-state index contributed by atoms with van der Waals surface area (Å²) in [4.78, 5) is 31.9. The van der Waals surface area contributed by atoms with Gasteiger partial charge in [-0.2, -0.15) is 0 Å². The highest BCUT2D eigenvalue weighted by Gasteiger charge is 2.48. The SMILES string of the molecule is COC1CC(N2CCC(C3(C)Oc4c(Cl)cc(C(=O)NCc5c(SC)cc(C)[nH]c5=O)c(C)c4O3)CC2)C1. The number of H-pyrrole nitrogens is 1. The van der Waals surface area contributed by atoms with E-state index in [9.17, 15) is 9.59 Å². The van der Waals surface area contributed by atoms with Crippen LogP contribution in [0.4, 0.5) is 0 Å². The van der Waals surface area contributed by atoms with Gasteiger partial charge in [0.15, 0.2) is 11.5 Å². The lowest BCUT2D eigenvalue weighted by Gasteiger charge is -2.46. The van der Waals surface area contributed by atoms with Crippen LogP contribution in [-0.2, 0) is 11.3 Å². The van der Waals surface area contributed by atoms with Crippen LogP contribution in [-0.4, -0.2) is 60.2 Å². The van der Waals surface area contributed by atoms with E-state index in [2.05, 4.69) is 15.2 Å². The number of nitrogens with zero attached hydrogens (tertiary/aromatic N) is 1. The first-order chi connectivity index (χ1) is 18.1. The van der Waals surface area contributed by atoms with E-state index in [0.717, 1.165) is 49.4 Å². The molecule has 1 atom stereocenters. The number of aryl methyl sites for hydroxylation is 1. The molecule has 1 aromatic carbocycles. The van der Waals surface area contributed by atoms with Gasteiger partial charge < -0.3 is 29.4 Å². The van der Waals surface area contributed by atoms with E-state index in [0.29, 0.717) is 45.4 Å². The summed E-state index contributed by atoms with van der Waals surface area (Å²) < 4.78 is 18.3. The molecule has 8 nitrogen and oxygen atoms in total. The first-order valence-corrected chi connectivity index (χ1v) is 14.8. The van der Waals surface area contributed by atoms with E-state index in [1.807, 2.05) is 33.1 Å². The van der Waals surface area contributed by atoms with Crippen molar-refractivity contribution >= 4 is 29.3 Å². The molecule has 5 rings (SSSR count). The Kier molecular flexibility index (Phi) is 7.75. The van der Waals surface area contributed by atoms with Gasteiger partial charge in [0.2, 0.25) is 0 Å². The number of hydrogen-bond acceptors (Lipinski definition) is 7. The molecule has 2 fully saturated rings. The van der Waals surface area contributed by atoms with Gasteiger partial charge in [0.05, 0.1) is 11.1 Å². The molecule has 10 heteroatoms. The van der Waals surface area contributed by atoms with Crippen molar-refractivity contribution in [2.75, 3.05) is 26.5 Å². The fourth-order valence-electron chi connectivity index (χ4n) is 5.87. The summed E-state index contributed by atoms with van der Waals surface area (Å²) in [7, 11) is 1.79. The molecule has 38 heavy (non-hydrogen) atoms. The monoisotopic (exact) mass is 561 g/mol. The topological polar surface area (TPSA) is 92.9 Å². The predicted octanol–water partition coefficient (Wildman–Crippen LogP) is 4.67. The third-order valence-electron chi connectivity index (χ3n) is 8.36. The van der Waals surface area contributed by atoms with Crippen LogP contribution >= 0.6 is 23.4 Å². The molecule has 0 bridgehead atoms. The third-order valence-corrected chi connectivity index (χ3v) is 9.44. The number of pyridine rings is 1. The number of carbonyl (C=O) groups is 1. The lowest BCUT2D eigenvalue weighted by Crippen LogP contribution is -2.54. The number of benzene rings is 1. The molecule has 1 saturated carbocycles. The van der Waals surface area contributed by atoms with Crippen molar-refractivity contribution in [2.24, 2.45) is 5.92 Å². The van der Waals surface area contributed by atoms with E-state index >= 15 is 0 Å². The number of carbonyl (C=O) groups excluding carboxylic acids is 1. The molecule has 3 aliphatic rings. The molecule has 2 aliphatic heterocycles. The van der Waals surface area contributed by atoms with Crippen LogP contribution < -0.4 is 20.3 Å². The standard InChI is InChI=1S/C28H36ClN3O5S/c1-15-10-23(38-5)21(27(34)31-15)14-30-26(33)20-13-22(29)25-24(16(20)2)36-28(3,37-25)17-6-8-32(9-7-17)18-11-19(12-18)35-4/h10,13,17-19H,6-9,11-12,14H2,1-5H3,(H,30,33)(H,31,34). The molecular weight excluding hydrogens is 526 g/mol. The van der Waals surface area contributed by atoms with Gasteiger partial charge in [-0.1, -0.05) is 11.6 Å². The quantitative estimate of drug-likeness (QED) is 0.474. The number of amides is 1. The number of likely N-dealkylation sites (tertiary alicyclic amines) is 1. The number of thioether (sulfide) groups is 1. The zero-order chi connectivity index (χ0) is 27.2. The Hall–Kier alpha value is -2.20. The number of methoxy groups -OCH3 is 1. The Balaban J connectivity index is 1.27. The molecule has 206 valence electrons. The maximum Gasteiger partial charge on any atom is 0.254 e. The number of ether oxygens (including phenoxy) is 3. The molecule has 1 amide bonds. The predicted molar refractivity (Wildman–Crippen MR) is 149 cm³/mol. The minimum atomic E-state index is -0.838. The third kappa shape index (κ3) is 5.06. The Morgan fingerprint density at radius 2 is 1.92 bits per heavy atom. The molecule has 1 unspecified atom stereocenters. The highest BCUT2D eigenvalue weighted by Crippen LogP contribution is 2.51. The van der Waals surface area contributed by atoms with Crippen LogP contribution in [0.3, 0.4) is 0 Å². The van der Waals surface area contributed by atoms with E-state index in [1.165, 1.54) is 11.8 Å².